The molecule has 4 aromatic rings. The van der Waals surface area contributed by atoms with Gasteiger partial charge in [0.05, 0.1) is 56.8 Å². The van der Waals surface area contributed by atoms with Crippen molar-refractivity contribution >= 4 is 29.8 Å². The Morgan fingerprint density at radius 1 is 0.859 bits per heavy atom. The lowest BCUT2D eigenvalue weighted by Crippen LogP contribution is -2.63. The van der Waals surface area contributed by atoms with Gasteiger partial charge in [0.25, 0.3) is 5.91 Å². The van der Waals surface area contributed by atoms with Crippen LogP contribution in [0.25, 0.3) is 11.1 Å². The van der Waals surface area contributed by atoms with E-state index in [4.69, 9.17) is 4.74 Å². The normalized spacial score (nSPS) is 18.5. The number of carbonyl (C=O) groups is 4. The molecule has 0 radical (unpaired) electrons. The molecule has 3 fully saturated rings. The minimum Gasteiger partial charge on any atom is -0.465 e. The predicted octanol–water partition coefficient (Wildman–Crippen LogP) is 5.94. The van der Waals surface area contributed by atoms with Gasteiger partial charge < -0.3 is 40.5 Å². The SMILES string of the molecule is COC(=O)NC(C(=O)NC(Cc1ccc(C#Cc2ccc(N3CC4CCC(C3)N4C3COC3)nc2)cc1)C(O)CN(Cc1c(F)cc(-c2cnn(C(F)F)c2)cc1F)NC(=O)C(NC(=O)O)C(C)(C)CF)C(C)(C)C(F)(F)F. The van der Waals surface area contributed by atoms with Crippen LogP contribution >= 0.6 is 0 Å². The molecule has 422 valence electrons. The van der Waals surface area contributed by atoms with E-state index in [1.807, 2.05) is 22.8 Å². The molecule has 26 heteroatoms. The van der Waals surface area contributed by atoms with Crippen molar-refractivity contribution in [1.82, 2.24) is 46.0 Å². The average Bonchev–Trinajstić information content (AvgIpc) is 3.97. The van der Waals surface area contributed by atoms with Crippen LogP contribution in [-0.4, -0.2) is 154 Å². The second-order valence-corrected chi connectivity index (χ2v) is 20.7. The van der Waals surface area contributed by atoms with Crippen molar-refractivity contribution in [3.8, 4) is 23.0 Å². The zero-order valence-corrected chi connectivity index (χ0v) is 43.1. The Balaban J connectivity index is 1.16. The number of halogens is 8. The first-order valence-electron chi connectivity index (χ1n) is 24.8. The average molecular weight is 1110 g/mol. The zero-order chi connectivity index (χ0) is 56.9. The lowest BCUT2D eigenvalue weighted by Gasteiger charge is -2.47. The number of carboxylic acid groups (broad SMARTS) is 1. The molecule has 0 saturated carbocycles. The van der Waals surface area contributed by atoms with Gasteiger partial charge in [-0.3, -0.25) is 24.3 Å². The van der Waals surface area contributed by atoms with Crippen molar-refractivity contribution in [3.05, 3.63) is 101 Å². The Labute approximate surface area is 443 Å². The number of pyridine rings is 1. The lowest BCUT2D eigenvalue weighted by molar-refractivity contribution is -0.220. The summed E-state index contributed by atoms with van der Waals surface area (Å²) in [5.41, 5.74) is -2.18. The predicted molar refractivity (Wildman–Crippen MR) is 265 cm³/mol. The summed E-state index contributed by atoms with van der Waals surface area (Å²) in [5, 5.41) is 31.9. The first-order chi connectivity index (χ1) is 36.8. The Kier molecular flexibility index (Phi) is 18.3. The smallest absolute Gasteiger partial charge is 0.407 e. The molecule has 78 heavy (non-hydrogen) atoms. The van der Waals surface area contributed by atoms with Gasteiger partial charge in [0.2, 0.25) is 5.91 Å². The largest absolute Gasteiger partial charge is 0.465 e. The zero-order valence-electron chi connectivity index (χ0n) is 43.1. The fraction of sp³-hybridized carbons (Fsp3) is 0.500. The Bertz CT molecular complexity index is 2800. The van der Waals surface area contributed by atoms with Crippen LogP contribution in [0, 0.1) is 34.3 Å². The van der Waals surface area contributed by atoms with E-state index in [1.54, 1.807) is 30.5 Å². The van der Waals surface area contributed by atoms with Crippen LogP contribution in [0.15, 0.2) is 67.1 Å². The number of fused-ring (bicyclic) bond motifs is 2. The number of alkyl halides is 6. The number of hydrogen-bond donors (Lipinski definition) is 6. The molecule has 6 atom stereocenters. The van der Waals surface area contributed by atoms with Gasteiger partial charge in [-0.1, -0.05) is 37.8 Å². The molecule has 18 nitrogen and oxygen atoms in total. The molecule has 3 aliphatic rings. The number of aliphatic hydroxyl groups excluding tert-OH is 1. The number of amides is 4. The molecule has 7 rings (SSSR count). The van der Waals surface area contributed by atoms with E-state index in [0.717, 1.165) is 76.6 Å². The number of nitrogens with zero attached hydrogens (tertiary/aromatic N) is 6. The fourth-order valence-corrected chi connectivity index (χ4v) is 9.59. The highest BCUT2D eigenvalue weighted by Crippen LogP contribution is 2.41. The Morgan fingerprint density at radius 2 is 1.49 bits per heavy atom. The van der Waals surface area contributed by atoms with Gasteiger partial charge in [-0.15, -0.1) is 0 Å². The molecular formula is C52H60F8N10O8. The molecule has 6 unspecified atom stereocenters. The number of rotatable bonds is 20. The van der Waals surface area contributed by atoms with Crippen LogP contribution in [0.4, 0.5) is 50.5 Å². The van der Waals surface area contributed by atoms with Crippen LogP contribution in [0.5, 0.6) is 0 Å². The quantitative estimate of drug-likeness (QED) is 0.0344. The third kappa shape index (κ3) is 13.8. The molecular weight excluding hydrogens is 1040 g/mol. The van der Waals surface area contributed by atoms with Gasteiger partial charge in [0.1, 0.15) is 29.5 Å². The number of aliphatic hydroxyl groups is 1. The second-order valence-electron chi connectivity index (χ2n) is 20.7. The molecule has 2 bridgehead atoms. The second kappa shape index (κ2) is 24.3. The summed E-state index contributed by atoms with van der Waals surface area (Å²) in [6, 6.07) is 6.97. The number of anilines is 1. The summed E-state index contributed by atoms with van der Waals surface area (Å²) in [5.74, 6) is 1.57. The molecule has 4 amide bonds. The van der Waals surface area contributed by atoms with Gasteiger partial charge in [0.15, 0.2) is 0 Å². The highest BCUT2D eigenvalue weighted by molar-refractivity contribution is 5.87. The van der Waals surface area contributed by atoms with Gasteiger partial charge in [-0.25, -0.2) is 33.0 Å². The third-order valence-electron chi connectivity index (χ3n) is 14.3. The van der Waals surface area contributed by atoms with Crippen molar-refractivity contribution in [3.63, 3.8) is 0 Å². The summed E-state index contributed by atoms with van der Waals surface area (Å²) >= 11 is 0. The van der Waals surface area contributed by atoms with Crippen LogP contribution < -0.4 is 26.3 Å². The molecule has 3 aliphatic heterocycles. The molecule has 5 heterocycles. The van der Waals surface area contributed by atoms with Crippen molar-refractivity contribution in [2.75, 3.05) is 51.5 Å². The topological polar surface area (TPSA) is 216 Å². The van der Waals surface area contributed by atoms with Crippen molar-refractivity contribution in [2.45, 2.75) is 109 Å². The summed E-state index contributed by atoms with van der Waals surface area (Å²) in [6.45, 7) is 0.613. The number of methoxy groups -OCH3 is 1. The van der Waals surface area contributed by atoms with E-state index in [2.05, 4.69) is 47.2 Å². The van der Waals surface area contributed by atoms with E-state index >= 15 is 8.78 Å². The lowest BCUT2D eigenvalue weighted by atomic mass is 9.82. The number of ether oxygens (including phenoxy) is 2. The molecule has 6 N–H and O–H groups in total. The number of piperazine rings is 1. The number of hydrazine groups is 1. The molecule has 0 aliphatic carbocycles. The fourth-order valence-electron chi connectivity index (χ4n) is 9.59. The van der Waals surface area contributed by atoms with Crippen molar-refractivity contribution in [2.24, 2.45) is 10.8 Å². The van der Waals surface area contributed by atoms with Gasteiger partial charge >= 0.3 is 24.9 Å². The monoisotopic (exact) mass is 1100 g/mol. The van der Waals surface area contributed by atoms with Crippen LogP contribution in [0.3, 0.4) is 0 Å². The molecule has 0 spiro atoms. The minimum absolute atomic E-state index is 0.113. The maximum Gasteiger partial charge on any atom is 0.407 e. The highest BCUT2D eigenvalue weighted by atomic mass is 19.4. The standard InChI is InChI=1S/C52H60F8N10O8/c1-50(2,28-53)43(64-48(74)75)46(73)66-68(24-37-38(54)17-32(18-39(37)55)33-20-62-69(21-33)47(56)57)25-41(71)40(63-45(72)44(65-49(76)77-5)51(3,4)52(58,59)60)16-30-9-6-29(7-10-30)8-11-31-12-15-42(61-19-31)67-22-34-13-14-35(23-67)70(34)36-26-78-27-36/h6-7,9-10,12,15,17-21,34-36,40-41,43-44,47,64,71H,13-14,16,22-28H2,1-5H3,(H,63,72)(H,65,76)(H,66,73)(H,74,75). The molecule has 3 saturated heterocycles. The Hall–Kier alpha value is -7.08. The maximum absolute atomic E-state index is 16.0. The number of hydrogen-bond acceptors (Lipinski definition) is 12. The summed E-state index contributed by atoms with van der Waals surface area (Å²) < 4.78 is 127. The van der Waals surface area contributed by atoms with E-state index < -0.39 is 115 Å². The van der Waals surface area contributed by atoms with Crippen molar-refractivity contribution in [1.29, 1.82) is 0 Å². The van der Waals surface area contributed by atoms with Crippen LogP contribution in [0.2, 0.25) is 0 Å². The number of aromatic nitrogens is 3. The van der Waals surface area contributed by atoms with Gasteiger partial charge in [-0.05, 0) is 80.6 Å². The van der Waals surface area contributed by atoms with Gasteiger partial charge in [0, 0.05) is 78.3 Å². The summed E-state index contributed by atoms with van der Waals surface area (Å²) in [6.07, 6.45) is -5.04. The molecule has 2 aromatic heterocycles. The highest BCUT2D eigenvalue weighted by Gasteiger charge is 2.56. The van der Waals surface area contributed by atoms with E-state index in [0.29, 0.717) is 53.7 Å². The van der Waals surface area contributed by atoms with E-state index in [-0.39, 0.29) is 15.8 Å². The third-order valence-corrected chi connectivity index (χ3v) is 14.3. The maximum atomic E-state index is 16.0. The van der Waals surface area contributed by atoms with Crippen LogP contribution in [-0.2, 0) is 32.0 Å². The van der Waals surface area contributed by atoms with E-state index in [9.17, 15) is 55.7 Å². The van der Waals surface area contributed by atoms with E-state index in [1.165, 1.54) is 13.8 Å². The van der Waals surface area contributed by atoms with Crippen molar-refractivity contribution < 1.29 is 74.0 Å². The molecule has 2 aromatic carbocycles. The summed E-state index contributed by atoms with van der Waals surface area (Å²) in [4.78, 5) is 61.7. The first-order valence-corrected chi connectivity index (χ1v) is 24.8. The minimum atomic E-state index is -5.12. The Morgan fingerprint density at radius 3 is 2.01 bits per heavy atom. The number of carbonyl (C=O) groups excluding carboxylic acids is 3. The summed E-state index contributed by atoms with van der Waals surface area (Å²) in [7, 11) is 0.852. The number of benzene rings is 2. The number of nitrogens with one attached hydrogen (secondary N) is 4. The van der Waals surface area contributed by atoms with Crippen LogP contribution in [0.1, 0.15) is 69.3 Å². The first kappa shape index (κ1) is 58.6. The van der Waals surface area contributed by atoms with Gasteiger partial charge in [-0.2, -0.15) is 27.1 Å². The number of alkyl carbamates (subject to hydrolysis) is 1.